The molecule has 2 aromatic carbocycles. The van der Waals surface area contributed by atoms with Crippen molar-refractivity contribution in [3.05, 3.63) is 68.3 Å². The lowest BCUT2D eigenvalue weighted by molar-refractivity contribution is -0.139. The number of carboxylic acids is 1. The van der Waals surface area contributed by atoms with Crippen LogP contribution in [0.5, 0.6) is 11.5 Å². The second kappa shape index (κ2) is 9.29. The number of carbonyl (C=O) groups is 2. The van der Waals surface area contributed by atoms with E-state index in [1.54, 1.807) is 30.3 Å². The molecule has 0 radical (unpaired) electrons. The Bertz CT molecular complexity index is 931. The molecule has 146 valence electrons. The van der Waals surface area contributed by atoms with Crippen molar-refractivity contribution >= 4 is 46.1 Å². The lowest BCUT2D eigenvalue weighted by Crippen LogP contribution is -2.42. The summed E-state index contributed by atoms with van der Waals surface area (Å²) >= 11 is 8.15. The number of hydrogen-bond acceptors (Lipinski definition) is 4. The molecule has 0 aromatic heterocycles. The Morgan fingerprint density at radius 1 is 1.11 bits per heavy atom. The summed E-state index contributed by atoms with van der Waals surface area (Å²) in [5, 5.41) is 12.5. The molecule has 1 amide bonds. The van der Waals surface area contributed by atoms with Crippen LogP contribution < -0.4 is 14.8 Å². The molecule has 0 spiro atoms. The summed E-state index contributed by atoms with van der Waals surface area (Å²) in [7, 11) is 0. The van der Waals surface area contributed by atoms with E-state index >= 15 is 0 Å². The van der Waals surface area contributed by atoms with E-state index in [0.29, 0.717) is 23.1 Å². The van der Waals surface area contributed by atoms with Gasteiger partial charge in [0.25, 0.3) is 5.91 Å². The van der Waals surface area contributed by atoms with E-state index in [4.69, 9.17) is 21.1 Å². The van der Waals surface area contributed by atoms with Crippen molar-refractivity contribution in [3.8, 4) is 11.5 Å². The number of ether oxygens (including phenoxy) is 2. The molecule has 28 heavy (non-hydrogen) atoms. The number of hydrogen-bond donors (Lipinski definition) is 2. The van der Waals surface area contributed by atoms with Crippen LogP contribution >= 0.6 is 34.2 Å². The number of fused-ring (bicyclic) bond motifs is 9. The molecule has 1 atom stereocenters. The van der Waals surface area contributed by atoms with E-state index in [9.17, 15) is 14.7 Å². The van der Waals surface area contributed by atoms with E-state index < -0.39 is 17.9 Å². The maximum Gasteiger partial charge on any atom is 0.326 e. The van der Waals surface area contributed by atoms with Crippen LogP contribution in [0.3, 0.4) is 0 Å². The van der Waals surface area contributed by atoms with Crippen LogP contribution in [-0.2, 0) is 11.2 Å². The van der Waals surface area contributed by atoms with Gasteiger partial charge in [-0.3, -0.25) is 4.79 Å². The molecular formula is C20H17ClINO5. The monoisotopic (exact) mass is 513 g/mol. The van der Waals surface area contributed by atoms with E-state index in [2.05, 4.69) is 27.9 Å². The first-order valence-electron chi connectivity index (χ1n) is 8.46. The van der Waals surface area contributed by atoms with Crippen LogP contribution in [0.2, 0.25) is 5.02 Å². The summed E-state index contributed by atoms with van der Waals surface area (Å²) in [5.41, 5.74) is 0.954. The quantitative estimate of drug-likeness (QED) is 0.449. The van der Waals surface area contributed by atoms with Gasteiger partial charge in [-0.05, 0) is 70.6 Å². The second-order valence-electron chi connectivity index (χ2n) is 6.07. The molecule has 0 aliphatic carbocycles. The van der Waals surface area contributed by atoms with Gasteiger partial charge >= 0.3 is 5.97 Å². The number of halogens is 2. The molecule has 2 N–H and O–H groups in total. The summed E-state index contributed by atoms with van der Waals surface area (Å²) in [4.78, 5) is 24.4. The average molecular weight is 514 g/mol. The molecule has 4 rings (SSSR count). The molecular weight excluding hydrogens is 497 g/mol. The standard InChI is InChI=1S/C20H17ClINO5/c21-13-4-6-17-14(11-13)19(24)23-16(20(25)26)10-12-3-5-18(15(22)9-12)28-8-2-1-7-27-17/h1-6,9,11,16H,7-8,10H2,(H,23,24)(H,25,26)/t16-/m0/s1. The molecule has 2 heterocycles. The highest BCUT2D eigenvalue weighted by Gasteiger charge is 2.23. The molecule has 0 unspecified atom stereocenters. The average Bonchev–Trinajstić information content (AvgIpc) is 2.65. The van der Waals surface area contributed by atoms with Gasteiger partial charge in [-0.1, -0.05) is 17.7 Å². The molecule has 0 fully saturated rings. The van der Waals surface area contributed by atoms with Crippen molar-refractivity contribution in [1.82, 2.24) is 5.32 Å². The van der Waals surface area contributed by atoms with Crippen LogP contribution in [0.4, 0.5) is 0 Å². The fourth-order valence-electron chi connectivity index (χ4n) is 2.68. The molecule has 0 saturated carbocycles. The molecule has 2 aliphatic rings. The van der Waals surface area contributed by atoms with Crippen LogP contribution in [0, 0.1) is 3.57 Å². The molecule has 2 bridgehead atoms. The van der Waals surface area contributed by atoms with Crippen molar-refractivity contribution in [1.29, 1.82) is 0 Å². The van der Waals surface area contributed by atoms with Gasteiger partial charge in [-0.2, -0.15) is 0 Å². The third kappa shape index (κ3) is 5.17. The Kier molecular flexibility index (Phi) is 6.79. The van der Waals surface area contributed by atoms with E-state index in [1.807, 2.05) is 12.1 Å². The maximum atomic E-state index is 12.7. The predicted molar refractivity (Wildman–Crippen MR) is 113 cm³/mol. The second-order valence-corrected chi connectivity index (χ2v) is 7.67. The number of rotatable bonds is 1. The van der Waals surface area contributed by atoms with Crippen molar-refractivity contribution in [2.75, 3.05) is 13.2 Å². The van der Waals surface area contributed by atoms with Crippen molar-refractivity contribution in [2.45, 2.75) is 12.5 Å². The van der Waals surface area contributed by atoms with Crippen LogP contribution in [-0.4, -0.2) is 36.2 Å². The topological polar surface area (TPSA) is 84.9 Å². The van der Waals surface area contributed by atoms with Gasteiger partial charge in [-0.15, -0.1) is 0 Å². The zero-order chi connectivity index (χ0) is 20.1. The highest BCUT2D eigenvalue weighted by molar-refractivity contribution is 14.1. The maximum absolute atomic E-state index is 12.7. The number of benzene rings is 2. The molecule has 6 nitrogen and oxygen atoms in total. The third-order valence-corrected chi connectivity index (χ3v) is 5.14. The number of carboxylic acid groups (broad SMARTS) is 1. The first kappa shape index (κ1) is 20.5. The first-order chi connectivity index (χ1) is 13.4. The third-order valence-electron chi connectivity index (χ3n) is 4.06. The zero-order valence-electron chi connectivity index (χ0n) is 14.7. The van der Waals surface area contributed by atoms with Gasteiger partial charge in [0.05, 0.1) is 9.13 Å². The van der Waals surface area contributed by atoms with Crippen LogP contribution in [0.15, 0.2) is 48.6 Å². The van der Waals surface area contributed by atoms with Gasteiger partial charge in [0.15, 0.2) is 0 Å². The summed E-state index contributed by atoms with van der Waals surface area (Å²) < 4.78 is 12.2. The Morgan fingerprint density at radius 3 is 2.46 bits per heavy atom. The molecule has 2 aliphatic heterocycles. The number of nitrogens with one attached hydrogen (secondary N) is 1. The Hall–Kier alpha value is -2.26. The summed E-state index contributed by atoms with van der Waals surface area (Å²) in [6.45, 7) is 0.591. The number of aliphatic carboxylic acids is 1. The minimum Gasteiger partial charge on any atom is -0.489 e. The van der Waals surface area contributed by atoms with Gasteiger partial charge in [0.1, 0.15) is 30.8 Å². The minimum absolute atomic E-state index is 0.133. The summed E-state index contributed by atoms with van der Waals surface area (Å²) in [6, 6.07) is 8.99. The van der Waals surface area contributed by atoms with E-state index in [0.717, 1.165) is 9.13 Å². The normalized spacial score (nSPS) is 17.2. The van der Waals surface area contributed by atoms with Gasteiger partial charge < -0.3 is 19.9 Å². The Balaban J connectivity index is 1.96. The van der Waals surface area contributed by atoms with Crippen molar-refractivity contribution in [3.63, 3.8) is 0 Å². The van der Waals surface area contributed by atoms with E-state index in [-0.39, 0.29) is 18.6 Å². The smallest absolute Gasteiger partial charge is 0.326 e. The first-order valence-corrected chi connectivity index (χ1v) is 9.92. The summed E-state index contributed by atoms with van der Waals surface area (Å²) in [5.74, 6) is -0.660. The minimum atomic E-state index is -1.13. The van der Waals surface area contributed by atoms with Gasteiger partial charge in [0.2, 0.25) is 0 Å². The van der Waals surface area contributed by atoms with Crippen molar-refractivity contribution < 1.29 is 24.2 Å². The Labute approximate surface area is 180 Å². The Morgan fingerprint density at radius 2 is 1.79 bits per heavy atom. The highest BCUT2D eigenvalue weighted by Crippen LogP contribution is 2.25. The fraction of sp³-hybridized carbons (Fsp3) is 0.200. The summed E-state index contributed by atoms with van der Waals surface area (Å²) in [6.07, 6.45) is 3.74. The molecule has 0 saturated heterocycles. The van der Waals surface area contributed by atoms with Gasteiger partial charge in [-0.25, -0.2) is 4.79 Å². The van der Waals surface area contributed by atoms with Crippen LogP contribution in [0.25, 0.3) is 0 Å². The lowest BCUT2D eigenvalue weighted by atomic mass is 10.0. The van der Waals surface area contributed by atoms with E-state index in [1.165, 1.54) is 6.07 Å². The fourth-order valence-corrected chi connectivity index (χ4v) is 3.59. The highest BCUT2D eigenvalue weighted by atomic mass is 127. The number of amides is 1. The zero-order valence-corrected chi connectivity index (χ0v) is 17.6. The molecule has 2 aromatic rings. The predicted octanol–water partition coefficient (Wildman–Crippen LogP) is 3.70. The SMILES string of the molecule is O=C1N[C@H](C(=O)O)Cc2ccc(c(I)c2)OCC=CCOc2ccc(Cl)cc21. The van der Waals surface area contributed by atoms with Gasteiger partial charge in [0, 0.05) is 11.4 Å². The number of carbonyl (C=O) groups excluding carboxylic acids is 1. The molecule has 8 heteroatoms. The van der Waals surface area contributed by atoms with Crippen molar-refractivity contribution in [2.24, 2.45) is 0 Å². The largest absolute Gasteiger partial charge is 0.489 e. The van der Waals surface area contributed by atoms with Crippen LogP contribution in [0.1, 0.15) is 15.9 Å². The lowest BCUT2D eigenvalue weighted by Gasteiger charge is -2.17.